The van der Waals surface area contributed by atoms with Gasteiger partial charge in [-0.1, -0.05) is 0 Å². The largest absolute Gasteiger partial charge is 0.508 e. The van der Waals surface area contributed by atoms with Gasteiger partial charge in [-0.15, -0.1) is 0 Å². The van der Waals surface area contributed by atoms with Crippen molar-refractivity contribution in [2.75, 3.05) is 27.2 Å². The lowest BCUT2D eigenvalue weighted by Gasteiger charge is -2.24. The molecule has 0 saturated carbocycles. The molecule has 57 heavy (non-hydrogen) atoms. The highest BCUT2D eigenvalue weighted by molar-refractivity contribution is 5.86. The summed E-state index contributed by atoms with van der Waals surface area (Å²) in [5, 5.41) is 20.1. The van der Waals surface area contributed by atoms with Crippen LogP contribution in [0.4, 0.5) is 9.59 Å². The predicted molar refractivity (Wildman–Crippen MR) is 217 cm³/mol. The van der Waals surface area contributed by atoms with E-state index in [1.807, 2.05) is 72.1 Å². The highest BCUT2D eigenvalue weighted by Gasteiger charge is 2.21. The van der Waals surface area contributed by atoms with E-state index in [0.717, 1.165) is 44.1 Å². The molecule has 0 spiro atoms. The van der Waals surface area contributed by atoms with Gasteiger partial charge in [-0.2, -0.15) is 10.2 Å². The summed E-state index contributed by atoms with van der Waals surface area (Å²) in [5.74, 6) is 0.327. The van der Waals surface area contributed by atoms with E-state index in [0.29, 0.717) is 31.9 Å². The van der Waals surface area contributed by atoms with E-state index < -0.39 is 11.2 Å². The quantitative estimate of drug-likeness (QED) is 0.114. The van der Waals surface area contributed by atoms with Crippen LogP contribution in [-0.4, -0.2) is 101 Å². The van der Waals surface area contributed by atoms with E-state index in [4.69, 9.17) is 14.2 Å². The van der Waals surface area contributed by atoms with E-state index >= 15 is 0 Å². The normalized spacial score (nSPS) is 11.5. The first kappa shape index (κ1) is 41.6. The zero-order chi connectivity index (χ0) is 41.5. The molecule has 4 heterocycles. The van der Waals surface area contributed by atoms with E-state index in [-0.39, 0.29) is 23.9 Å². The van der Waals surface area contributed by atoms with Crippen molar-refractivity contribution in [3.05, 3.63) is 85.7 Å². The van der Waals surface area contributed by atoms with Gasteiger partial charge in [0.1, 0.15) is 22.7 Å². The maximum Gasteiger partial charge on any atom is 0.410 e. The Morgan fingerprint density at radius 3 is 1.56 bits per heavy atom. The van der Waals surface area contributed by atoms with Crippen molar-refractivity contribution in [2.24, 2.45) is 0 Å². The number of esters is 1. The van der Waals surface area contributed by atoms with Crippen LogP contribution in [0.15, 0.2) is 85.7 Å². The Morgan fingerprint density at radius 2 is 1.11 bits per heavy atom. The Balaban J connectivity index is 0.000000219. The maximum atomic E-state index is 12.1. The lowest BCUT2D eigenvalue weighted by molar-refractivity contribution is -0.131. The molecule has 2 amide bonds. The highest BCUT2D eigenvalue weighted by atomic mass is 16.6. The second kappa shape index (κ2) is 17.5. The van der Waals surface area contributed by atoms with Gasteiger partial charge in [0.25, 0.3) is 0 Å². The number of rotatable bonds is 9. The van der Waals surface area contributed by atoms with Crippen LogP contribution in [-0.2, 0) is 27.4 Å². The first-order valence-corrected chi connectivity index (χ1v) is 18.4. The first-order chi connectivity index (χ1) is 26.8. The summed E-state index contributed by atoms with van der Waals surface area (Å²) in [6.07, 6.45) is 10.2. The van der Waals surface area contributed by atoms with Crippen molar-refractivity contribution in [1.29, 1.82) is 0 Å². The van der Waals surface area contributed by atoms with Crippen LogP contribution in [0, 0.1) is 0 Å². The monoisotopic (exact) mass is 778 g/mol. The number of phenolic OH excluding ortho intramolecular Hbond substituents is 1. The Kier molecular flexibility index (Phi) is 12.8. The molecule has 0 aliphatic rings. The van der Waals surface area contributed by atoms with Crippen LogP contribution in [0.5, 0.6) is 11.5 Å². The number of hydrogen-bond acceptors (Lipinski definition) is 11. The third-order valence-corrected chi connectivity index (χ3v) is 8.25. The Hall–Kier alpha value is -6.51. The van der Waals surface area contributed by atoms with Crippen LogP contribution >= 0.6 is 0 Å². The molecule has 0 fully saturated rings. The van der Waals surface area contributed by atoms with Crippen LogP contribution in [0.3, 0.4) is 0 Å². The molecule has 0 radical (unpaired) electrons. The molecule has 0 aliphatic heterocycles. The first-order valence-electron chi connectivity index (χ1n) is 18.4. The van der Waals surface area contributed by atoms with Crippen LogP contribution in [0.1, 0.15) is 48.5 Å². The minimum absolute atomic E-state index is 0.210. The zero-order valence-corrected chi connectivity index (χ0v) is 33.9. The third-order valence-electron chi connectivity index (χ3n) is 8.25. The fourth-order valence-corrected chi connectivity index (χ4v) is 5.41. The van der Waals surface area contributed by atoms with Crippen molar-refractivity contribution < 1.29 is 33.7 Å². The summed E-state index contributed by atoms with van der Waals surface area (Å²) in [6, 6.07) is 14.3. The number of likely N-dealkylation sites (N-methyl/N-ethyl adjacent to an activating group) is 2. The molecular weight excluding hydrogens is 729 g/mol. The molecular formula is C42H50N8O7. The minimum atomic E-state index is -0.525. The van der Waals surface area contributed by atoms with Crippen molar-refractivity contribution in [1.82, 2.24) is 39.3 Å². The second-order valence-corrected chi connectivity index (χ2v) is 15.6. The van der Waals surface area contributed by atoms with Gasteiger partial charge in [0, 0.05) is 91.9 Å². The molecule has 0 saturated heterocycles. The van der Waals surface area contributed by atoms with Crippen LogP contribution < -0.4 is 4.74 Å². The molecule has 0 atom stereocenters. The summed E-state index contributed by atoms with van der Waals surface area (Å²) in [4.78, 5) is 47.2. The summed E-state index contributed by atoms with van der Waals surface area (Å²) in [7, 11) is 3.41. The van der Waals surface area contributed by atoms with Crippen LogP contribution in [0.2, 0.25) is 0 Å². The zero-order valence-electron chi connectivity index (χ0n) is 33.9. The number of nitrogens with zero attached hydrogens (tertiary/aromatic N) is 8. The van der Waals surface area contributed by atoms with Gasteiger partial charge in [0.05, 0.1) is 36.5 Å². The molecule has 0 bridgehead atoms. The van der Waals surface area contributed by atoms with Gasteiger partial charge in [-0.05, 0) is 90.1 Å². The standard InChI is InChI=1S/C22H26N4O4.C20H24N4O3/c1-15(27)29-19-6-7-20-16(11-19)10-17(12-23-20)18-13-24-26(14-18)9-8-25(5)21(28)30-22(2,3)4;1-20(2,3)27-19(26)23(4)7-8-24-13-16(12-22-24)15-9-14-10-17(25)5-6-18(14)21-11-15/h6-7,10-14H,8-9H2,1-5H3;5-6,9-13,25H,7-8H2,1-4H3. The summed E-state index contributed by atoms with van der Waals surface area (Å²) in [5.41, 5.74) is 4.23. The molecule has 15 heteroatoms. The van der Waals surface area contributed by atoms with Gasteiger partial charge in [-0.25, -0.2) is 9.59 Å². The number of pyridine rings is 2. The maximum absolute atomic E-state index is 12.1. The van der Waals surface area contributed by atoms with Gasteiger partial charge in [0.2, 0.25) is 0 Å². The number of hydrogen-bond donors (Lipinski definition) is 1. The molecule has 0 aliphatic carbocycles. The third kappa shape index (κ3) is 12.2. The van der Waals surface area contributed by atoms with Crippen molar-refractivity contribution >= 4 is 40.0 Å². The topological polar surface area (TPSA) is 167 Å². The number of carbonyl (C=O) groups excluding carboxylic acids is 3. The van der Waals surface area contributed by atoms with E-state index in [9.17, 15) is 19.5 Å². The molecule has 6 aromatic rings. The highest BCUT2D eigenvalue weighted by Crippen LogP contribution is 2.27. The number of carbonyl (C=O) groups is 3. The predicted octanol–water partition coefficient (Wildman–Crippen LogP) is 7.56. The number of aromatic nitrogens is 6. The van der Waals surface area contributed by atoms with Crippen molar-refractivity contribution in [3.63, 3.8) is 0 Å². The van der Waals surface area contributed by atoms with Crippen molar-refractivity contribution in [3.8, 4) is 33.8 Å². The summed E-state index contributed by atoms with van der Waals surface area (Å²) in [6.45, 7) is 14.5. The van der Waals surface area contributed by atoms with Crippen molar-refractivity contribution in [2.45, 2.75) is 72.8 Å². The lowest BCUT2D eigenvalue weighted by Crippen LogP contribution is -2.36. The number of amides is 2. The molecule has 0 unspecified atom stereocenters. The van der Waals surface area contributed by atoms with Gasteiger partial charge >= 0.3 is 18.2 Å². The fraction of sp³-hybridized carbons (Fsp3) is 0.357. The van der Waals surface area contributed by atoms with Gasteiger partial charge in [0.15, 0.2) is 0 Å². The molecule has 2 aromatic carbocycles. The van der Waals surface area contributed by atoms with Crippen LogP contribution in [0.25, 0.3) is 44.1 Å². The number of phenols is 1. The number of ether oxygens (including phenoxy) is 3. The smallest absolute Gasteiger partial charge is 0.410 e. The van der Waals surface area contributed by atoms with E-state index in [2.05, 4.69) is 20.2 Å². The van der Waals surface area contributed by atoms with E-state index in [1.54, 1.807) is 78.6 Å². The fourth-order valence-electron chi connectivity index (χ4n) is 5.41. The second-order valence-electron chi connectivity index (χ2n) is 15.6. The average molecular weight is 779 g/mol. The molecule has 1 N–H and O–H groups in total. The molecule has 300 valence electrons. The Bertz CT molecular complexity index is 2360. The molecule has 6 rings (SSSR count). The Morgan fingerprint density at radius 1 is 0.649 bits per heavy atom. The minimum Gasteiger partial charge on any atom is -0.508 e. The molecule has 15 nitrogen and oxygen atoms in total. The summed E-state index contributed by atoms with van der Waals surface area (Å²) >= 11 is 0. The average Bonchev–Trinajstić information content (AvgIpc) is 3.81. The Labute approximate surface area is 331 Å². The summed E-state index contributed by atoms with van der Waals surface area (Å²) < 4.78 is 19.4. The van der Waals surface area contributed by atoms with E-state index in [1.165, 1.54) is 16.7 Å². The number of benzene rings is 2. The SMILES string of the molecule is CC(=O)Oc1ccc2ncc(-c3cnn(CCN(C)C(=O)OC(C)(C)C)c3)cc2c1.CN(CCn1cc(-c2cnc3ccc(O)cc3c2)cn1)C(=O)OC(C)(C)C. The number of aromatic hydroxyl groups is 1. The lowest BCUT2D eigenvalue weighted by atomic mass is 10.1. The van der Waals surface area contributed by atoms with Gasteiger partial charge < -0.3 is 29.1 Å². The molecule has 4 aromatic heterocycles. The van der Waals surface area contributed by atoms with Gasteiger partial charge in [-0.3, -0.25) is 24.1 Å². The number of fused-ring (bicyclic) bond motifs is 2.